The number of benzene rings is 2. The highest BCUT2D eigenvalue weighted by molar-refractivity contribution is 7.92. The van der Waals surface area contributed by atoms with E-state index in [2.05, 4.69) is 11.9 Å². The molecule has 1 saturated heterocycles. The molecular formula is C31H36ClN3O5S2. The van der Waals surface area contributed by atoms with Crippen molar-refractivity contribution in [3.8, 4) is 28.4 Å². The second-order valence-electron chi connectivity index (χ2n) is 12.0. The number of ether oxygens (including phenoxy) is 1. The van der Waals surface area contributed by atoms with Gasteiger partial charge in [-0.25, -0.2) is 31.1 Å². The van der Waals surface area contributed by atoms with Gasteiger partial charge in [-0.3, -0.25) is 0 Å². The number of nitrogens with zero attached hydrogens (tertiary/aromatic N) is 3. The lowest BCUT2D eigenvalue weighted by atomic mass is 9.82. The maximum Gasteiger partial charge on any atom is 0.216 e. The molecule has 2 fully saturated rings. The van der Waals surface area contributed by atoms with Gasteiger partial charge < -0.3 is 4.74 Å². The average Bonchev–Trinajstić information content (AvgIpc) is 3.75. The molecule has 1 saturated carbocycles. The zero-order chi connectivity index (χ0) is 30.0. The van der Waals surface area contributed by atoms with Crippen LogP contribution < -0.4 is 4.74 Å². The number of sulfonamides is 1. The third-order valence-electron chi connectivity index (χ3n) is 8.66. The van der Waals surface area contributed by atoms with Gasteiger partial charge in [0.25, 0.3) is 0 Å². The molecule has 0 spiro atoms. The van der Waals surface area contributed by atoms with Crippen LogP contribution in [0.15, 0.2) is 41.4 Å². The van der Waals surface area contributed by atoms with Gasteiger partial charge in [0.05, 0.1) is 37.9 Å². The molecule has 2 aliphatic heterocycles. The smallest absolute Gasteiger partial charge is 0.216 e. The molecule has 1 aliphatic carbocycles. The minimum atomic E-state index is -3.59. The monoisotopic (exact) mass is 629 g/mol. The lowest BCUT2D eigenvalue weighted by Gasteiger charge is -2.33. The molecule has 11 heteroatoms. The van der Waals surface area contributed by atoms with E-state index in [1.165, 1.54) is 11.8 Å². The van der Waals surface area contributed by atoms with Crippen molar-refractivity contribution in [1.29, 1.82) is 0 Å². The lowest BCUT2D eigenvalue weighted by molar-refractivity contribution is 0.255. The van der Waals surface area contributed by atoms with E-state index in [0.717, 1.165) is 54.5 Å². The summed E-state index contributed by atoms with van der Waals surface area (Å²) >= 11 is 6.59. The van der Waals surface area contributed by atoms with Crippen molar-refractivity contribution in [2.75, 3.05) is 13.1 Å². The molecule has 0 amide bonds. The summed E-state index contributed by atoms with van der Waals surface area (Å²) < 4.78 is 60.0. The van der Waals surface area contributed by atoms with E-state index in [-0.39, 0.29) is 27.2 Å². The number of hydrogen-bond acceptors (Lipinski definition) is 7. The Bertz CT molecular complexity index is 1760. The number of piperidine rings is 1. The standard InChI is InChI=1S/C31H36ClN3O5S2/c1-18(2)41(36,37)27-8-6-5-7-23(27)29-26(32)17-33-31(34-29)25-15-19(3)28(24-16-20(4)40-30(24)25)21-11-13-35(14-12-21)42(38,39)22-9-10-22/h5-8,15,17-18,20-22H,9-14,16H2,1-4H3. The van der Waals surface area contributed by atoms with Gasteiger partial charge in [0.1, 0.15) is 11.9 Å². The van der Waals surface area contributed by atoms with E-state index in [9.17, 15) is 16.8 Å². The number of rotatable bonds is 7. The Kier molecular flexibility index (Phi) is 7.65. The maximum atomic E-state index is 13.2. The van der Waals surface area contributed by atoms with E-state index < -0.39 is 25.1 Å². The van der Waals surface area contributed by atoms with Gasteiger partial charge >= 0.3 is 0 Å². The number of sulfone groups is 1. The molecule has 0 N–H and O–H groups in total. The third-order valence-corrected chi connectivity index (χ3v) is 13.5. The summed E-state index contributed by atoms with van der Waals surface area (Å²) in [6.45, 7) is 8.50. The zero-order valence-corrected chi connectivity index (χ0v) is 26.7. The summed E-state index contributed by atoms with van der Waals surface area (Å²) in [6.07, 6.45) is 5.33. The van der Waals surface area contributed by atoms with Crippen molar-refractivity contribution in [2.45, 2.75) is 87.2 Å². The Balaban J connectivity index is 1.39. The molecule has 6 rings (SSSR count). The summed E-state index contributed by atoms with van der Waals surface area (Å²) in [5.41, 5.74) is 4.99. The second kappa shape index (κ2) is 10.9. The summed E-state index contributed by atoms with van der Waals surface area (Å²) in [4.78, 5) is 9.58. The molecule has 3 heterocycles. The molecule has 224 valence electrons. The lowest BCUT2D eigenvalue weighted by Crippen LogP contribution is -2.40. The van der Waals surface area contributed by atoms with E-state index in [0.29, 0.717) is 30.2 Å². The fraction of sp³-hybridized carbons (Fsp3) is 0.484. The van der Waals surface area contributed by atoms with Crippen molar-refractivity contribution in [2.24, 2.45) is 0 Å². The van der Waals surface area contributed by atoms with Crippen LogP contribution in [0.4, 0.5) is 0 Å². The van der Waals surface area contributed by atoms with Gasteiger partial charge in [-0.2, -0.15) is 0 Å². The number of aromatic nitrogens is 2. The molecule has 42 heavy (non-hydrogen) atoms. The van der Waals surface area contributed by atoms with Crippen LogP contribution in [0.2, 0.25) is 5.02 Å². The van der Waals surface area contributed by atoms with Gasteiger partial charge in [-0.05, 0) is 82.6 Å². The first kappa shape index (κ1) is 29.5. The Morgan fingerprint density at radius 1 is 1.02 bits per heavy atom. The SMILES string of the molecule is Cc1cc(-c2ncc(Cl)c(-c3ccccc3S(=O)(=O)C(C)C)n2)c2c(c1C1CCN(S(=O)(=O)C3CC3)CC1)CC(C)O2. The van der Waals surface area contributed by atoms with Crippen LogP contribution in [0, 0.1) is 6.92 Å². The van der Waals surface area contributed by atoms with Crippen molar-refractivity contribution in [1.82, 2.24) is 14.3 Å². The fourth-order valence-electron chi connectivity index (χ4n) is 6.31. The van der Waals surface area contributed by atoms with Gasteiger partial charge in [0, 0.05) is 30.6 Å². The molecule has 3 aliphatic rings. The first-order valence-corrected chi connectivity index (χ1v) is 18.0. The van der Waals surface area contributed by atoms with Crippen molar-refractivity contribution >= 4 is 31.5 Å². The van der Waals surface area contributed by atoms with Gasteiger partial charge in [-0.1, -0.05) is 29.8 Å². The van der Waals surface area contributed by atoms with Crippen LogP contribution in [0.25, 0.3) is 22.6 Å². The minimum absolute atomic E-state index is 0.0293. The maximum absolute atomic E-state index is 13.2. The van der Waals surface area contributed by atoms with E-state index in [1.54, 1.807) is 42.4 Å². The van der Waals surface area contributed by atoms with Crippen LogP contribution >= 0.6 is 11.6 Å². The Morgan fingerprint density at radius 2 is 1.71 bits per heavy atom. The predicted molar refractivity (Wildman–Crippen MR) is 164 cm³/mol. The highest BCUT2D eigenvalue weighted by atomic mass is 35.5. The molecule has 1 unspecified atom stereocenters. The summed E-state index contributed by atoms with van der Waals surface area (Å²) in [5.74, 6) is 1.39. The Hall–Kier alpha value is -2.53. The summed E-state index contributed by atoms with van der Waals surface area (Å²) in [5, 5.41) is -0.527. The number of aryl methyl sites for hydroxylation is 1. The molecule has 8 nitrogen and oxygen atoms in total. The zero-order valence-electron chi connectivity index (χ0n) is 24.3. The molecule has 1 aromatic heterocycles. The first-order chi connectivity index (χ1) is 19.9. The molecule has 2 aromatic carbocycles. The van der Waals surface area contributed by atoms with Crippen LogP contribution in [0.3, 0.4) is 0 Å². The van der Waals surface area contributed by atoms with Crippen LogP contribution in [0.5, 0.6) is 5.75 Å². The van der Waals surface area contributed by atoms with Gasteiger partial charge in [0.15, 0.2) is 15.7 Å². The third kappa shape index (κ3) is 5.14. The summed E-state index contributed by atoms with van der Waals surface area (Å²) in [7, 11) is -6.76. The summed E-state index contributed by atoms with van der Waals surface area (Å²) in [6, 6.07) is 8.83. The molecular weight excluding hydrogens is 594 g/mol. The second-order valence-corrected chi connectivity index (χ2v) is 17.1. The number of fused-ring (bicyclic) bond motifs is 1. The number of halogens is 1. The molecule has 0 bridgehead atoms. The predicted octanol–water partition coefficient (Wildman–Crippen LogP) is 5.95. The molecule has 3 aromatic rings. The topological polar surface area (TPSA) is 107 Å². The van der Waals surface area contributed by atoms with Crippen LogP contribution in [-0.2, 0) is 26.3 Å². The van der Waals surface area contributed by atoms with E-state index in [4.69, 9.17) is 21.3 Å². The fourth-order valence-corrected chi connectivity index (χ4v) is 9.62. The first-order valence-electron chi connectivity index (χ1n) is 14.6. The van der Waals surface area contributed by atoms with Crippen molar-refractivity contribution in [3.63, 3.8) is 0 Å². The average molecular weight is 630 g/mol. The van der Waals surface area contributed by atoms with Crippen molar-refractivity contribution < 1.29 is 21.6 Å². The van der Waals surface area contributed by atoms with E-state index >= 15 is 0 Å². The molecule has 1 atom stereocenters. The highest BCUT2D eigenvalue weighted by Gasteiger charge is 2.42. The Morgan fingerprint density at radius 3 is 2.38 bits per heavy atom. The quantitative estimate of drug-likeness (QED) is 0.318. The van der Waals surface area contributed by atoms with Crippen LogP contribution in [-0.4, -0.2) is 60.8 Å². The largest absolute Gasteiger partial charge is 0.489 e. The van der Waals surface area contributed by atoms with Crippen molar-refractivity contribution in [3.05, 3.63) is 58.2 Å². The van der Waals surface area contributed by atoms with Gasteiger partial charge in [0.2, 0.25) is 10.0 Å². The van der Waals surface area contributed by atoms with E-state index in [1.807, 2.05) is 13.0 Å². The van der Waals surface area contributed by atoms with Gasteiger partial charge in [-0.15, -0.1) is 0 Å². The number of hydrogen-bond donors (Lipinski definition) is 0. The highest BCUT2D eigenvalue weighted by Crippen LogP contribution is 2.47. The normalized spacial score (nSPS) is 20.1. The Labute approximate surface area is 253 Å². The van der Waals surface area contributed by atoms with Crippen LogP contribution in [0.1, 0.15) is 69.1 Å². The molecule has 0 radical (unpaired) electrons. The minimum Gasteiger partial charge on any atom is -0.489 e.